The van der Waals surface area contributed by atoms with E-state index in [4.69, 9.17) is 0 Å². The number of piperazine rings is 1. The van der Waals surface area contributed by atoms with Crippen LogP contribution in [0.1, 0.15) is 17.5 Å². The molecule has 0 unspecified atom stereocenters. The fourth-order valence-electron chi connectivity index (χ4n) is 4.77. The molecule has 1 aliphatic rings. The van der Waals surface area contributed by atoms with Gasteiger partial charge in [-0.3, -0.25) is 13.9 Å². The normalized spacial score (nSPS) is 14.8. The fourth-order valence-corrected chi connectivity index (χ4v) is 4.77. The molecule has 0 atom stereocenters. The zero-order chi connectivity index (χ0) is 26.8. The van der Waals surface area contributed by atoms with Gasteiger partial charge in [0.1, 0.15) is 0 Å². The van der Waals surface area contributed by atoms with Crippen LogP contribution < -0.4 is 11.2 Å². The van der Waals surface area contributed by atoms with Crippen LogP contribution in [0.2, 0.25) is 0 Å². The van der Waals surface area contributed by atoms with E-state index in [2.05, 4.69) is 38.9 Å². The van der Waals surface area contributed by atoms with Gasteiger partial charge < -0.3 is 9.80 Å². The first kappa shape index (κ1) is 25.9. The van der Waals surface area contributed by atoms with Crippen molar-refractivity contribution in [1.82, 2.24) is 28.9 Å². The SMILES string of the molecule is CN1CCN(CCCc2ccc(-c3ncc4c(n3)c(=O)n(C)c(=O)n4Cc3ccc(F)c(F)c3)cc2)CC1. The van der Waals surface area contributed by atoms with Gasteiger partial charge in [0.25, 0.3) is 5.56 Å². The molecule has 0 N–H and O–H groups in total. The highest BCUT2D eigenvalue weighted by Gasteiger charge is 2.16. The second-order valence-electron chi connectivity index (χ2n) is 9.85. The molecule has 38 heavy (non-hydrogen) atoms. The molecule has 0 aliphatic carbocycles. The van der Waals surface area contributed by atoms with Gasteiger partial charge in [-0.05, 0) is 49.7 Å². The van der Waals surface area contributed by atoms with Crippen molar-refractivity contribution in [3.8, 4) is 11.4 Å². The molecule has 0 bridgehead atoms. The molecule has 198 valence electrons. The first-order chi connectivity index (χ1) is 18.3. The van der Waals surface area contributed by atoms with E-state index in [-0.39, 0.29) is 17.6 Å². The Morgan fingerprint density at radius 1 is 0.895 bits per heavy atom. The van der Waals surface area contributed by atoms with Gasteiger partial charge in [0.2, 0.25) is 0 Å². The summed E-state index contributed by atoms with van der Waals surface area (Å²) in [6, 6.07) is 11.4. The van der Waals surface area contributed by atoms with Crippen molar-refractivity contribution >= 4 is 11.0 Å². The van der Waals surface area contributed by atoms with Crippen LogP contribution in [-0.4, -0.2) is 68.7 Å². The summed E-state index contributed by atoms with van der Waals surface area (Å²) in [5.74, 6) is -1.61. The first-order valence-corrected chi connectivity index (χ1v) is 12.7. The Morgan fingerprint density at radius 3 is 2.32 bits per heavy atom. The van der Waals surface area contributed by atoms with Crippen molar-refractivity contribution in [1.29, 1.82) is 0 Å². The number of aromatic nitrogens is 4. The van der Waals surface area contributed by atoms with E-state index in [0.717, 1.165) is 67.8 Å². The molecular weight excluding hydrogens is 490 g/mol. The molecule has 1 aliphatic heterocycles. The number of hydrogen-bond donors (Lipinski definition) is 0. The lowest BCUT2D eigenvalue weighted by atomic mass is 10.1. The molecule has 2 aromatic heterocycles. The van der Waals surface area contributed by atoms with Crippen LogP contribution in [0.3, 0.4) is 0 Å². The first-order valence-electron chi connectivity index (χ1n) is 12.7. The minimum absolute atomic E-state index is 0.0633. The number of likely N-dealkylation sites (N-methyl/N-ethyl adjacent to an activating group) is 1. The van der Waals surface area contributed by atoms with Crippen molar-refractivity contribution in [2.45, 2.75) is 19.4 Å². The summed E-state index contributed by atoms with van der Waals surface area (Å²) in [6.45, 7) is 5.48. The van der Waals surface area contributed by atoms with Gasteiger partial charge in [-0.15, -0.1) is 0 Å². The van der Waals surface area contributed by atoms with Crippen LogP contribution in [0.5, 0.6) is 0 Å². The topological polar surface area (TPSA) is 76.3 Å². The Kier molecular flexibility index (Phi) is 7.44. The van der Waals surface area contributed by atoms with E-state index >= 15 is 0 Å². The number of halogens is 2. The second kappa shape index (κ2) is 10.9. The Bertz CT molecular complexity index is 1570. The summed E-state index contributed by atoms with van der Waals surface area (Å²) < 4.78 is 29.3. The summed E-state index contributed by atoms with van der Waals surface area (Å²) in [4.78, 5) is 39.5. The standard InChI is InChI=1S/C28H30F2N6O2/c1-33-12-14-35(15-13-33)11-3-4-19-5-8-21(9-6-19)26-31-17-24-25(32-26)27(37)34(2)28(38)36(24)18-20-7-10-22(29)23(30)16-20/h5-10,16-17H,3-4,11-15,18H2,1-2H3. The van der Waals surface area contributed by atoms with Crippen LogP contribution in [0.15, 0.2) is 58.3 Å². The van der Waals surface area contributed by atoms with Crippen LogP contribution in [0.4, 0.5) is 8.78 Å². The molecule has 1 saturated heterocycles. The average molecular weight is 521 g/mol. The molecule has 2 aromatic carbocycles. The highest BCUT2D eigenvalue weighted by molar-refractivity contribution is 5.75. The summed E-state index contributed by atoms with van der Waals surface area (Å²) >= 11 is 0. The van der Waals surface area contributed by atoms with Gasteiger partial charge >= 0.3 is 5.69 Å². The molecule has 1 fully saturated rings. The van der Waals surface area contributed by atoms with E-state index in [0.29, 0.717) is 11.4 Å². The Balaban J connectivity index is 1.36. The summed E-state index contributed by atoms with van der Waals surface area (Å²) in [7, 11) is 3.52. The van der Waals surface area contributed by atoms with Gasteiger partial charge in [-0.25, -0.2) is 23.5 Å². The monoisotopic (exact) mass is 520 g/mol. The lowest BCUT2D eigenvalue weighted by Crippen LogP contribution is -2.44. The highest BCUT2D eigenvalue weighted by Crippen LogP contribution is 2.19. The zero-order valence-corrected chi connectivity index (χ0v) is 21.5. The predicted octanol–water partition coefficient (Wildman–Crippen LogP) is 2.66. The smallest absolute Gasteiger partial charge is 0.304 e. The van der Waals surface area contributed by atoms with E-state index in [1.807, 2.05) is 12.1 Å². The zero-order valence-electron chi connectivity index (χ0n) is 21.5. The Hall–Kier alpha value is -3.76. The van der Waals surface area contributed by atoms with Crippen molar-refractivity contribution in [2.24, 2.45) is 7.05 Å². The number of benzene rings is 2. The van der Waals surface area contributed by atoms with E-state index in [1.54, 1.807) is 0 Å². The molecule has 4 aromatic rings. The third-order valence-corrected chi connectivity index (χ3v) is 7.16. The van der Waals surface area contributed by atoms with Crippen molar-refractivity contribution in [3.63, 3.8) is 0 Å². The number of rotatable bonds is 7. The van der Waals surface area contributed by atoms with Crippen LogP contribution in [0, 0.1) is 11.6 Å². The van der Waals surface area contributed by atoms with E-state index in [1.165, 1.54) is 29.4 Å². The molecule has 3 heterocycles. The molecule has 0 radical (unpaired) electrons. The van der Waals surface area contributed by atoms with Crippen molar-refractivity contribution in [3.05, 3.63) is 92.3 Å². The Labute approximate surface area is 218 Å². The Morgan fingerprint density at radius 2 is 1.61 bits per heavy atom. The molecule has 0 spiro atoms. The lowest BCUT2D eigenvalue weighted by molar-refractivity contribution is 0.153. The molecular formula is C28H30F2N6O2. The maximum Gasteiger partial charge on any atom is 0.331 e. The van der Waals surface area contributed by atoms with Crippen LogP contribution in [-0.2, 0) is 20.0 Å². The lowest BCUT2D eigenvalue weighted by Gasteiger charge is -2.32. The van der Waals surface area contributed by atoms with Gasteiger partial charge in [-0.2, -0.15) is 0 Å². The highest BCUT2D eigenvalue weighted by atomic mass is 19.2. The third kappa shape index (κ3) is 5.41. The van der Waals surface area contributed by atoms with Crippen molar-refractivity contribution in [2.75, 3.05) is 39.8 Å². The predicted molar refractivity (Wildman–Crippen MR) is 142 cm³/mol. The maximum absolute atomic E-state index is 13.7. The number of aryl methyl sites for hydroxylation is 1. The molecule has 0 saturated carbocycles. The van der Waals surface area contributed by atoms with Gasteiger partial charge in [0, 0.05) is 38.8 Å². The summed E-state index contributed by atoms with van der Waals surface area (Å²) in [5, 5.41) is 0. The number of hydrogen-bond acceptors (Lipinski definition) is 6. The average Bonchev–Trinajstić information content (AvgIpc) is 2.93. The van der Waals surface area contributed by atoms with Gasteiger partial charge in [-0.1, -0.05) is 30.3 Å². The second-order valence-corrected chi connectivity index (χ2v) is 9.85. The molecule has 8 nitrogen and oxygen atoms in total. The van der Waals surface area contributed by atoms with Gasteiger partial charge in [0.15, 0.2) is 23.0 Å². The largest absolute Gasteiger partial charge is 0.331 e. The molecule has 5 rings (SSSR count). The van der Waals surface area contributed by atoms with Crippen LogP contribution in [0.25, 0.3) is 22.4 Å². The molecule has 0 amide bonds. The third-order valence-electron chi connectivity index (χ3n) is 7.16. The van der Waals surface area contributed by atoms with Crippen LogP contribution >= 0.6 is 0 Å². The number of nitrogens with zero attached hydrogens (tertiary/aromatic N) is 6. The minimum atomic E-state index is -1.01. The van der Waals surface area contributed by atoms with Gasteiger partial charge in [0.05, 0.1) is 18.3 Å². The van der Waals surface area contributed by atoms with E-state index < -0.39 is 22.9 Å². The number of fused-ring (bicyclic) bond motifs is 1. The maximum atomic E-state index is 13.7. The van der Waals surface area contributed by atoms with E-state index in [9.17, 15) is 18.4 Å². The van der Waals surface area contributed by atoms with Crippen molar-refractivity contribution < 1.29 is 8.78 Å². The summed E-state index contributed by atoms with van der Waals surface area (Å²) in [5.41, 5.74) is 1.52. The fraction of sp³-hybridized carbons (Fsp3) is 0.357. The summed E-state index contributed by atoms with van der Waals surface area (Å²) in [6.07, 6.45) is 3.49. The minimum Gasteiger partial charge on any atom is -0.304 e. The molecule has 10 heteroatoms. The quantitative estimate of drug-likeness (QED) is 0.373.